The fourth-order valence-corrected chi connectivity index (χ4v) is 2.31. The monoisotopic (exact) mass is 320 g/mol. The summed E-state index contributed by atoms with van der Waals surface area (Å²) < 4.78 is 10.5. The van der Waals surface area contributed by atoms with Gasteiger partial charge in [-0.1, -0.05) is 30.3 Å². The van der Waals surface area contributed by atoms with Crippen LogP contribution in [0.3, 0.4) is 0 Å². The minimum atomic E-state index is -0.672. The molecule has 2 rings (SSSR count). The first-order valence-electron chi connectivity index (χ1n) is 7.75. The highest BCUT2D eigenvalue weighted by Gasteiger charge is 2.29. The highest BCUT2D eigenvalue weighted by Crippen LogP contribution is 2.11. The third kappa shape index (κ3) is 5.56. The lowest BCUT2D eigenvalue weighted by atomic mass is 10.1. The van der Waals surface area contributed by atoms with Gasteiger partial charge in [-0.25, -0.2) is 4.79 Å². The van der Waals surface area contributed by atoms with Gasteiger partial charge in [0.2, 0.25) is 5.91 Å². The Morgan fingerprint density at radius 1 is 1.30 bits per heavy atom. The van der Waals surface area contributed by atoms with E-state index in [2.05, 4.69) is 5.32 Å². The molecule has 0 saturated carbocycles. The number of rotatable bonds is 4. The van der Waals surface area contributed by atoms with Gasteiger partial charge in [-0.05, 0) is 26.3 Å². The molecule has 1 saturated heterocycles. The number of hydrogen-bond acceptors (Lipinski definition) is 4. The smallest absolute Gasteiger partial charge is 0.408 e. The van der Waals surface area contributed by atoms with Crippen LogP contribution < -0.4 is 5.32 Å². The van der Waals surface area contributed by atoms with Gasteiger partial charge in [0.25, 0.3) is 0 Å². The van der Waals surface area contributed by atoms with Crippen LogP contribution in [0.1, 0.15) is 26.3 Å². The fraction of sp³-hybridized carbons (Fsp3) is 0.529. The molecule has 2 amide bonds. The Hall–Kier alpha value is -2.08. The van der Waals surface area contributed by atoms with Crippen LogP contribution in [-0.4, -0.2) is 48.4 Å². The fourth-order valence-electron chi connectivity index (χ4n) is 2.31. The van der Waals surface area contributed by atoms with Gasteiger partial charge < -0.3 is 19.7 Å². The first kappa shape index (κ1) is 17.3. The van der Waals surface area contributed by atoms with Gasteiger partial charge in [0.15, 0.2) is 0 Å². The molecule has 1 fully saturated rings. The van der Waals surface area contributed by atoms with E-state index in [1.165, 1.54) is 0 Å². The van der Waals surface area contributed by atoms with Gasteiger partial charge in [-0.3, -0.25) is 4.79 Å². The van der Waals surface area contributed by atoms with Crippen molar-refractivity contribution in [3.8, 4) is 0 Å². The molecule has 1 atom stereocenters. The van der Waals surface area contributed by atoms with E-state index in [1.807, 2.05) is 30.3 Å². The quantitative estimate of drug-likeness (QED) is 0.920. The number of hydrogen-bond donors (Lipinski definition) is 1. The van der Waals surface area contributed by atoms with Crippen molar-refractivity contribution in [2.24, 2.45) is 0 Å². The number of carbonyl (C=O) groups is 2. The van der Waals surface area contributed by atoms with E-state index >= 15 is 0 Å². The number of nitrogens with one attached hydrogen (secondary N) is 1. The van der Waals surface area contributed by atoms with Crippen molar-refractivity contribution in [1.29, 1.82) is 0 Å². The second-order valence-corrected chi connectivity index (χ2v) is 6.53. The summed E-state index contributed by atoms with van der Waals surface area (Å²) in [5.74, 6) is -0.155. The van der Waals surface area contributed by atoms with E-state index in [-0.39, 0.29) is 12.6 Å². The highest BCUT2D eigenvalue weighted by atomic mass is 16.6. The summed E-state index contributed by atoms with van der Waals surface area (Å²) >= 11 is 0. The maximum atomic E-state index is 12.6. The molecule has 1 N–H and O–H groups in total. The lowest BCUT2D eigenvalue weighted by Crippen LogP contribution is -2.50. The van der Waals surface area contributed by atoms with Gasteiger partial charge in [0.05, 0.1) is 6.61 Å². The van der Waals surface area contributed by atoms with Crippen LogP contribution in [0.15, 0.2) is 30.3 Å². The largest absolute Gasteiger partial charge is 0.444 e. The number of alkyl carbamates (subject to hydrolysis) is 1. The molecule has 0 spiro atoms. The lowest BCUT2D eigenvalue weighted by Gasteiger charge is -2.25. The van der Waals surface area contributed by atoms with E-state index in [1.54, 1.807) is 25.7 Å². The second kappa shape index (κ2) is 7.46. The van der Waals surface area contributed by atoms with Crippen LogP contribution >= 0.6 is 0 Å². The molecule has 6 nitrogen and oxygen atoms in total. The van der Waals surface area contributed by atoms with Gasteiger partial charge in [0, 0.05) is 13.0 Å². The van der Waals surface area contributed by atoms with Crippen LogP contribution in [0, 0.1) is 0 Å². The van der Waals surface area contributed by atoms with Crippen LogP contribution in [-0.2, 0) is 20.7 Å². The second-order valence-electron chi connectivity index (χ2n) is 6.53. The lowest BCUT2D eigenvalue weighted by molar-refractivity contribution is -0.133. The van der Waals surface area contributed by atoms with Crippen molar-refractivity contribution < 1.29 is 19.1 Å². The van der Waals surface area contributed by atoms with Crippen molar-refractivity contribution in [2.45, 2.75) is 38.8 Å². The molecule has 0 aromatic heterocycles. The van der Waals surface area contributed by atoms with Crippen LogP contribution in [0.5, 0.6) is 0 Å². The minimum absolute atomic E-state index is 0.155. The Labute approximate surface area is 136 Å². The molecule has 1 heterocycles. The first-order valence-corrected chi connectivity index (χ1v) is 7.75. The number of benzene rings is 1. The Bertz CT molecular complexity index is 533. The minimum Gasteiger partial charge on any atom is -0.444 e. The summed E-state index contributed by atoms with van der Waals surface area (Å²) in [6.07, 6.45) is -0.179. The molecule has 0 bridgehead atoms. The summed E-state index contributed by atoms with van der Waals surface area (Å²) in [6.45, 7) is 6.69. The number of ether oxygens (including phenoxy) is 2. The Morgan fingerprint density at radius 3 is 2.57 bits per heavy atom. The van der Waals surface area contributed by atoms with Crippen molar-refractivity contribution in [1.82, 2.24) is 10.2 Å². The normalized spacial score (nSPS) is 16.0. The van der Waals surface area contributed by atoms with Gasteiger partial charge >= 0.3 is 6.09 Å². The molecule has 1 aromatic rings. The average molecular weight is 320 g/mol. The van der Waals surface area contributed by atoms with Crippen molar-refractivity contribution in [3.63, 3.8) is 0 Å². The van der Waals surface area contributed by atoms with Gasteiger partial charge in [0.1, 0.15) is 18.4 Å². The number of carbonyl (C=O) groups excluding carboxylic acids is 2. The zero-order chi connectivity index (χ0) is 16.9. The predicted octanol–water partition coefficient (Wildman–Crippen LogP) is 1.94. The molecule has 0 radical (unpaired) electrons. The molecule has 1 aromatic carbocycles. The Morgan fingerprint density at radius 2 is 2.00 bits per heavy atom. The maximum Gasteiger partial charge on any atom is 0.408 e. The molecule has 126 valence electrons. The SMILES string of the molecule is CC(C)(C)OC(=O)N[C@@H](Cc1ccccc1)C(=O)N1CCOC1. The molecule has 1 aliphatic rings. The topological polar surface area (TPSA) is 67.9 Å². The van der Waals surface area contributed by atoms with E-state index in [0.29, 0.717) is 19.6 Å². The molecule has 0 unspecified atom stereocenters. The standard InChI is InChI=1S/C17H24N2O4/c1-17(2,3)23-16(21)18-14(11-13-7-5-4-6-8-13)15(20)19-9-10-22-12-19/h4-8,14H,9-12H2,1-3H3,(H,18,21)/t14-/m0/s1. The summed E-state index contributed by atoms with van der Waals surface area (Å²) in [5.41, 5.74) is 0.364. The molecular formula is C17H24N2O4. The van der Waals surface area contributed by atoms with Crippen LogP contribution in [0.2, 0.25) is 0 Å². The third-order valence-corrected chi connectivity index (χ3v) is 3.34. The van der Waals surface area contributed by atoms with E-state index in [9.17, 15) is 9.59 Å². The third-order valence-electron chi connectivity index (χ3n) is 3.34. The molecule has 1 aliphatic heterocycles. The van der Waals surface area contributed by atoms with E-state index in [0.717, 1.165) is 5.56 Å². The van der Waals surface area contributed by atoms with Crippen LogP contribution in [0.25, 0.3) is 0 Å². The van der Waals surface area contributed by atoms with Gasteiger partial charge in [-0.15, -0.1) is 0 Å². The van der Waals surface area contributed by atoms with Crippen molar-refractivity contribution >= 4 is 12.0 Å². The van der Waals surface area contributed by atoms with E-state index < -0.39 is 17.7 Å². The van der Waals surface area contributed by atoms with Crippen LogP contribution in [0.4, 0.5) is 4.79 Å². The highest BCUT2D eigenvalue weighted by molar-refractivity contribution is 5.86. The predicted molar refractivity (Wildman–Crippen MR) is 85.8 cm³/mol. The molecule has 0 aliphatic carbocycles. The van der Waals surface area contributed by atoms with E-state index in [4.69, 9.17) is 9.47 Å². The van der Waals surface area contributed by atoms with Crippen molar-refractivity contribution in [3.05, 3.63) is 35.9 Å². The molecule has 6 heteroatoms. The van der Waals surface area contributed by atoms with Crippen molar-refractivity contribution in [2.75, 3.05) is 19.9 Å². The number of amides is 2. The average Bonchev–Trinajstić information content (AvgIpc) is 2.99. The zero-order valence-electron chi connectivity index (χ0n) is 13.9. The van der Waals surface area contributed by atoms with Gasteiger partial charge in [-0.2, -0.15) is 0 Å². The first-order chi connectivity index (χ1) is 10.8. The number of nitrogens with zero attached hydrogens (tertiary/aromatic N) is 1. The summed E-state index contributed by atoms with van der Waals surface area (Å²) in [5, 5.41) is 2.69. The summed E-state index contributed by atoms with van der Waals surface area (Å²) in [4.78, 5) is 26.3. The summed E-state index contributed by atoms with van der Waals surface area (Å²) in [6, 6.07) is 8.91. The Kier molecular flexibility index (Phi) is 5.60. The zero-order valence-corrected chi connectivity index (χ0v) is 13.9. The molecular weight excluding hydrogens is 296 g/mol. The molecule has 23 heavy (non-hydrogen) atoms. The summed E-state index contributed by atoms with van der Waals surface area (Å²) in [7, 11) is 0. The Balaban J connectivity index is 2.07. The maximum absolute atomic E-state index is 12.6.